The van der Waals surface area contributed by atoms with Gasteiger partial charge >= 0.3 is 11.9 Å². The largest absolute Gasteiger partial charge is 0.418 e. The molecule has 4 heterocycles. The minimum atomic E-state index is -4.62. The van der Waals surface area contributed by atoms with Gasteiger partial charge in [0.1, 0.15) is 12.2 Å². The lowest BCUT2D eigenvalue weighted by molar-refractivity contribution is -0.136. The van der Waals surface area contributed by atoms with E-state index in [4.69, 9.17) is 0 Å². The highest BCUT2D eigenvalue weighted by atomic mass is 19.4. The normalized spacial score (nSPS) is 24.5. The van der Waals surface area contributed by atoms with Crippen LogP contribution in [0.2, 0.25) is 0 Å². The molecule has 41 heavy (non-hydrogen) atoms. The monoisotopic (exact) mass is 568 g/mol. The van der Waals surface area contributed by atoms with Crippen molar-refractivity contribution in [2.24, 2.45) is 18.9 Å². The Hall–Kier alpha value is -3.44. The number of hydrogen-bond donors (Lipinski definition) is 1. The number of rotatable bonds is 6. The van der Waals surface area contributed by atoms with Gasteiger partial charge in [0.05, 0.1) is 22.4 Å². The molecule has 2 atom stereocenters. The molecule has 2 aliphatic rings. The highest BCUT2D eigenvalue weighted by Gasteiger charge is 2.45. The van der Waals surface area contributed by atoms with Gasteiger partial charge in [-0.05, 0) is 80.3 Å². The van der Waals surface area contributed by atoms with Crippen molar-refractivity contribution < 1.29 is 18.3 Å². The van der Waals surface area contributed by atoms with E-state index in [1.807, 2.05) is 23.7 Å². The fraction of sp³-hybridized carbons (Fsp3) is 0.500. The smallest absolute Gasteiger partial charge is 0.390 e. The van der Waals surface area contributed by atoms with E-state index in [9.17, 15) is 23.1 Å². The van der Waals surface area contributed by atoms with Gasteiger partial charge in [-0.1, -0.05) is 19.1 Å². The van der Waals surface area contributed by atoms with Crippen LogP contribution in [0.5, 0.6) is 0 Å². The number of aryl methyl sites for hydroxylation is 1. The van der Waals surface area contributed by atoms with Crippen LogP contribution in [0.3, 0.4) is 0 Å². The zero-order chi connectivity index (χ0) is 29.1. The number of aromatic nitrogens is 5. The van der Waals surface area contributed by atoms with Crippen LogP contribution in [-0.2, 0) is 19.8 Å². The molecule has 1 saturated carbocycles. The SMILES string of the molecule is C[C@H]1CCCN(Cc2cc(C(F)(F)F)c3cn(-c4cccc([C@H](c5nncn5C)[C@H]5C[C@](C)(O)C5)c4)c(=O)n3c2)C1. The summed E-state index contributed by atoms with van der Waals surface area (Å²) in [5.41, 5.74) is -0.519. The number of fused-ring (bicyclic) bond motifs is 1. The maximum absolute atomic E-state index is 14.3. The second-order valence-corrected chi connectivity index (χ2v) is 12.3. The Labute approximate surface area is 236 Å². The first-order chi connectivity index (χ1) is 19.4. The number of aliphatic hydroxyl groups is 1. The number of pyridine rings is 1. The van der Waals surface area contributed by atoms with Crippen molar-refractivity contribution in [2.75, 3.05) is 13.1 Å². The molecule has 0 spiro atoms. The molecule has 1 aliphatic heterocycles. The summed E-state index contributed by atoms with van der Waals surface area (Å²) in [5.74, 6) is 1.12. The molecular formula is C30H35F3N6O2. The van der Waals surface area contributed by atoms with Gasteiger partial charge in [0.15, 0.2) is 0 Å². The van der Waals surface area contributed by atoms with Crippen molar-refractivity contribution in [3.63, 3.8) is 0 Å². The third-order valence-electron chi connectivity index (χ3n) is 8.68. The van der Waals surface area contributed by atoms with E-state index in [-0.39, 0.29) is 17.4 Å². The third kappa shape index (κ3) is 5.32. The topological polar surface area (TPSA) is 80.6 Å². The van der Waals surface area contributed by atoms with Gasteiger partial charge in [-0.3, -0.25) is 13.9 Å². The first kappa shape index (κ1) is 27.7. The molecule has 2 fully saturated rings. The molecule has 0 radical (unpaired) electrons. The number of imidazole rings is 1. The molecule has 1 aromatic carbocycles. The second-order valence-electron chi connectivity index (χ2n) is 12.3. The van der Waals surface area contributed by atoms with Crippen molar-refractivity contribution in [3.8, 4) is 5.69 Å². The summed E-state index contributed by atoms with van der Waals surface area (Å²) in [6.45, 7) is 5.97. The number of nitrogens with zero attached hydrogens (tertiary/aromatic N) is 6. The predicted molar refractivity (Wildman–Crippen MR) is 148 cm³/mol. The molecule has 218 valence electrons. The van der Waals surface area contributed by atoms with E-state index in [0.717, 1.165) is 41.7 Å². The molecule has 4 aromatic rings. The van der Waals surface area contributed by atoms with E-state index < -0.39 is 23.0 Å². The first-order valence-electron chi connectivity index (χ1n) is 14.1. The van der Waals surface area contributed by atoms with Crippen molar-refractivity contribution in [3.05, 3.63) is 82.1 Å². The Morgan fingerprint density at radius 1 is 1.20 bits per heavy atom. The number of halogens is 3. The Balaban J connectivity index is 1.42. The summed E-state index contributed by atoms with van der Waals surface area (Å²) >= 11 is 0. The van der Waals surface area contributed by atoms with Gasteiger partial charge in [0.25, 0.3) is 0 Å². The highest BCUT2D eigenvalue weighted by molar-refractivity contribution is 5.58. The lowest BCUT2D eigenvalue weighted by Crippen LogP contribution is -2.44. The number of hydrogen-bond acceptors (Lipinski definition) is 5. The van der Waals surface area contributed by atoms with E-state index in [0.29, 0.717) is 36.6 Å². The summed E-state index contributed by atoms with van der Waals surface area (Å²) in [6.07, 6.45) is 3.12. The molecule has 1 aliphatic carbocycles. The summed E-state index contributed by atoms with van der Waals surface area (Å²) in [6, 6.07) is 8.46. The van der Waals surface area contributed by atoms with Crippen LogP contribution in [0.25, 0.3) is 11.2 Å². The average molecular weight is 569 g/mol. The minimum Gasteiger partial charge on any atom is -0.390 e. The quantitative estimate of drug-likeness (QED) is 0.363. The van der Waals surface area contributed by atoms with E-state index >= 15 is 0 Å². The maximum Gasteiger partial charge on any atom is 0.418 e. The van der Waals surface area contributed by atoms with Gasteiger partial charge in [-0.2, -0.15) is 13.2 Å². The van der Waals surface area contributed by atoms with E-state index in [1.54, 1.807) is 31.6 Å². The molecule has 0 unspecified atom stereocenters. The first-order valence-corrected chi connectivity index (χ1v) is 14.1. The Kier molecular flexibility index (Phi) is 6.85. The van der Waals surface area contributed by atoms with Gasteiger partial charge in [0, 0.05) is 38.4 Å². The molecular weight excluding hydrogens is 533 g/mol. The summed E-state index contributed by atoms with van der Waals surface area (Å²) in [4.78, 5) is 15.8. The van der Waals surface area contributed by atoms with Gasteiger partial charge < -0.3 is 9.67 Å². The molecule has 1 saturated heterocycles. The van der Waals surface area contributed by atoms with Crippen molar-refractivity contribution in [2.45, 2.75) is 63.8 Å². The fourth-order valence-corrected chi connectivity index (χ4v) is 6.81. The average Bonchev–Trinajstić information content (AvgIpc) is 3.45. The summed E-state index contributed by atoms with van der Waals surface area (Å²) in [5, 5.41) is 18.8. The second kappa shape index (κ2) is 10.1. The zero-order valence-corrected chi connectivity index (χ0v) is 23.5. The van der Waals surface area contributed by atoms with Crippen LogP contribution in [0.15, 0.2) is 53.8 Å². The Morgan fingerprint density at radius 2 is 1.98 bits per heavy atom. The van der Waals surface area contributed by atoms with Crippen LogP contribution < -0.4 is 5.69 Å². The molecule has 0 bridgehead atoms. The Bertz CT molecular complexity index is 1630. The van der Waals surface area contributed by atoms with E-state index in [2.05, 4.69) is 22.0 Å². The van der Waals surface area contributed by atoms with Crippen LogP contribution in [-0.4, -0.2) is 52.4 Å². The summed E-state index contributed by atoms with van der Waals surface area (Å²) < 4.78 is 47.1. The molecule has 8 nitrogen and oxygen atoms in total. The van der Waals surface area contributed by atoms with Crippen molar-refractivity contribution in [1.82, 2.24) is 28.6 Å². The Morgan fingerprint density at radius 3 is 2.63 bits per heavy atom. The molecule has 0 amide bonds. The van der Waals surface area contributed by atoms with Crippen LogP contribution in [0, 0.1) is 11.8 Å². The molecule has 1 N–H and O–H groups in total. The summed E-state index contributed by atoms with van der Waals surface area (Å²) in [7, 11) is 1.86. The van der Waals surface area contributed by atoms with Gasteiger partial charge in [-0.25, -0.2) is 4.79 Å². The minimum absolute atomic E-state index is 0.102. The standard InChI is InChI=1S/C30H35F3N6O2/c1-19-6-5-9-37(14-19)15-20-10-24(30(31,32)33)25-17-38(28(40)39(25)16-20)23-8-4-7-21(11-23)26(22-12-29(2,41)13-22)27-35-34-18-36(27)3/h4,7-8,10-11,16-19,22,26,41H,5-6,9,12-15H2,1-3H3/t19-,22-,26-,29-/m0/s1. The van der Waals surface area contributed by atoms with Crippen molar-refractivity contribution in [1.29, 1.82) is 0 Å². The van der Waals surface area contributed by atoms with Crippen LogP contribution >= 0.6 is 0 Å². The lowest BCUT2D eigenvalue weighted by Gasteiger charge is -2.44. The van der Waals surface area contributed by atoms with Gasteiger partial charge in [-0.15, -0.1) is 10.2 Å². The highest BCUT2D eigenvalue weighted by Crippen LogP contribution is 2.48. The van der Waals surface area contributed by atoms with Crippen molar-refractivity contribution >= 4 is 5.52 Å². The van der Waals surface area contributed by atoms with E-state index in [1.165, 1.54) is 16.8 Å². The maximum atomic E-state index is 14.3. The molecule has 3 aromatic heterocycles. The predicted octanol–water partition coefficient (Wildman–Crippen LogP) is 4.76. The fourth-order valence-electron chi connectivity index (χ4n) is 6.81. The number of benzene rings is 1. The number of alkyl halides is 3. The third-order valence-corrected chi connectivity index (χ3v) is 8.68. The van der Waals surface area contributed by atoms with Crippen LogP contribution in [0.4, 0.5) is 13.2 Å². The lowest BCUT2D eigenvalue weighted by atomic mass is 9.64. The van der Waals surface area contributed by atoms with Crippen LogP contribution in [0.1, 0.15) is 68.0 Å². The number of likely N-dealkylation sites (tertiary alicyclic amines) is 1. The molecule has 6 rings (SSSR count). The van der Waals surface area contributed by atoms with Gasteiger partial charge in [0.2, 0.25) is 0 Å². The number of piperidine rings is 1. The molecule has 11 heteroatoms. The zero-order valence-electron chi connectivity index (χ0n) is 23.5.